The first-order valence-electron chi connectivity index (χ1n) is 10.0. The second-order valence-electron chi connectivity index (χ2n) is 7.07. The van der Waals surface area contributed by atoms with Gasteiger partial charge in [-0.05, 0) is 36.8 Å². The highest BCUT2D eigenvalue weighted by Crippen LogP contribution is 2.37. The lowest BCUT2D eigenvalue weighted by molar-refractivity contribution is -0.141. The third-order valence-corrected chi connectivity index (χ3v) is 5.43. The molecule has 3 aromatic rings. The van der Waals surface area contributed by atoms with Crippen LogP contribution >= 0.6 is 11.6 Å². The molecule has 9 nitrogen and oxygen atoms in total. The van der Waals surface area contributed by atoms with Crippen LogP contribution in [0.25, 0.3) is 11.4 Å². The molecule has 0 unspecified atom stereocenters. The number of hydrogen-bond donors (Lipinski definition) is 0. The van der Waals surface area contributed by atoms with Crippen molar-refractivity contribution >= 4 is 23.4 Å². The smallest absolute Gasteiger partial charge is 0.280 e. The van der Waals surface area contributed by atoms with E-state index in [1.54, 1.807) is 30.6 Å². The van der Waals surface area contributed by atoms with Gasteiger partial charge in [0.25, 0.3) is 11.8 Å². The highest BCUT2D eigenvalue weighted by atomic mass is 35.5. The Labute approximate surface area is 190 Å². The van der Waals surface area contributed by atoms with Crippen molar-refractivity contribution in [2.45, 2.75) is 13.0 Å². The van der Waals surface area contributed by atoms with Crippen LogP contribution in [0, 0.1) is 0 Å². The molecule has 0 radical (unpaired) electrons. The summed E-state index contributed by atoms with van der Waals surface area (Å²) < 4.78 is 12.2. The van der Waals surface area contributed by atoms with E-state index in [0.29, 0.717) is 31.0 Å². The molecule has 4 rings (SSSR count). The number of benzene rings is 1. The normalized spacial score (nSPS) is 13.3. The van der Waals surface area contributed by atoms with Crippen molar-refractivity contribution in [2.75, 3.05) is 27.3 Å². The molecule has 166 valence electrons. The maximum atomic E-state index is 13.4. The zero-order chi connectivity index (χ0) is 22.7. The van der Waals surface area contributed by atoms with Crippen LogP contribution in [0.4, 0.5) is 0 Å². The van der Waals surface area contributed by atoms with Gasteiger partial charge in [0.2, 0.25) is 0 Å². The summed E-state index contributed by atoms with van der Waals surface area (Å²) in [6.45, 7) is 0.798. The largest absolute Gasteiger partial charge is 0.496 e. The topological polar surface area (TPSA) is 89.8 Å². The summed E-state index contributed by atoms with van der Waals surface area (Å²) in [6, 6.07) is 10.5. The monoisotopic (exact) mass is 455 g/mol. The molecule has 0 aliphatic carbocycles. The van der Waals surface area contributed by atoms with Crippen LogP contribution in [0.3, 0.4) is 0 Å². The van der Waals surface area contributed by atoms with E-state index in [1.165, 1.54) is 28.9 Å². The number of halogens is 1. The lowest BCUT2D eigenvalue weighted by Gasteiger charge is -2.29. The van der Waals surface area contributed by atoms with Crippen LogP contribution in [0.1, 0.15) is 16.8 Å². The molecule has 1 saturated heterocycles. The van der Waals surface area contributed by atoms with Gasteiger partial charge in [-0.3, -0.25) is 19.3 Å². The Bertz CT molecular complexity index is 1130. The standard InChI is InChI=1S/C22H22ClN5O4/c1-31-18-8-7-15(23)21(32-2)20(18)22(30)28-12-5-11-27(28)19(29)14-26-13-9-17(25-26)16-6-3-4-10-24-16/h3-4,6-10,13H,5,11-12,14H2,1-2H3. The van der Waals surface area contributed by atoms with E-state index in [9.17, 15) is 9.59 Å². The van der Waals surface area contributed by atoms with Gasteiger partial charge in [0, 0.05) is 25.5 Å². The number of hydrogen-bond acceptors (Lipinski definition) is 6. The van der Waals surface area contributed by atoms with Crippen LogP contribution in [-0.2, 0) is 11.3 Å². The third kappa shape index (κ3) is 4.11. The van der Waals surface area contributed by atoms with Crippen LogP contribution in [-0.4, -0.2) is 63.9 Å². The number of carbonyl (C=O) groups excluding carboxylic acids is 2. The first-order chi connectivity index (χ1) is 15.5. The van der Waals surface area contributed by atoms with Gasteiger partial charge in [0.1, 0.15) is 23.6 Å². The number of amides is 2. The maximum Gasteiger partial charge on any atom is 0.280 e. The Kier molecular flexibility index (Phi) is 6.27. The van der Waals surface area contributed by atoms with E-state index in [4.69, 9.17) is 21.1 Å². The summed E-state index contributed by atoms with van der Waals surface area (Å²) in [5, 5.41) is 7.56. The predicted molar refractivity (Wildman–Crippen MR) is 117 cm³/mol. The van der Waals surface area contributed by atoms with Gasteiger partial charge in [-0.1, -0.05) is 17.7 Å². The minimum Gasteiger partial charge on any atom is -0.496 e. The van der Waals surface area contributed by atoms with Crippen molar-refractivity contribution in [1.29, 1.82) is 0 Å². The molecule has 1 fully saturated rings. The number of methoxy groups -OCH3 is 2. The van der Waals surface area contributed by atoms with E-state index in [0.717, 1.165) is 5.69 Å². The molecule has 10 heteroatoms. The number of aromatic nitrogens is 3. The summed E-state index contributed by atoms with van der Waals surface area (Å²) in [5.41, 5.74) is 1.57. The molecule has 2 aromatic heterocycles. The van der Waals surface area contributed by atoms with Gasteiger partial charge in [-0.25, -0.2) is 10.0 Å². The second kappa shape index (κ2) is 9.27. The Morgan fingerprint density at radius 3 is 2.56 bits per heavy atom. The fourth-order valence-corrected chi connectivity index (χ4v) is 3.88. The number of rotatable bonds is 6. The summed E-state index contributed by atoms with van der Waals surface area (Å²) in [5.74, 6) is -0.141. The average Bonchev–Trinajstić information content (AvgIpc) is 3.49. The third-order valence-electron chi connectivity index (χ3n) is 5.13. The quantitative estimate of drug-likeness (QED) is 0.567. The van der Waals surface area contributed by atoms with Crippen molar-refractivity contribution in [3.05, 3.63) is 59.4 Å². The summed E-state index contributed by atoms with van der Waals surface area (Å²) in [4.78, 5) is 30.7. The Morgan fingerprint density at radius 2 is 1.84 bits per heavy atom. The summed E-state index contributed by atoms with van der Waals surface area (Å²) in [6.07, 6.45) is 4.06. The lowest BCUT2D eigenvalue weighted by Crippen LogP contribution is -2.46. The Balaban J connectivity index is 1.54. The molecule has 0 bridgehead atoms. The number of pyridine rings is 1. The first-order valence-corrected chi connectivity index (χ1v) is 10.4. The van der Waals surface area contributed by atoms with Gasteiger partial charge < -0.3 is 9.47 Å². The maximum absolute atomic E-state index is 13.4. The highest BCUT2D eigenvalue weighted by Gasteiger charge is 2.35. The molecule has 0 N–H and O–H groups in total. The second-order valence-corrected chi connectivity index (χ2v) is 7.48. The molecule has 2 amide bonds. The fourth-order valence-electron chi connectivity index (χ4n) is 3.64. The van der Waals surface area contributed by atoms with Gasteiger partial charge in [0.15, 0.2) is 5.75 Å². The van der Waals surface area contributed by atoms with E-state index in [2.05, 4.69) is 10.1 Å². The molecule has 1 aromatic carbocycles. The van der Waals surface area contributed by atoms with Gasteiger partial charge >= 0.3 is 0 Å². The SMILES string of the molecule is COc1ccc(Cl)c(OC)c1C(=O)N1CCCN1C(=O)Cn1ccc(-c2ccccn2)n1. The predicted octanol–water partition coefficient (Wildman–Crippen LogP) is 2.91. The lowest BCUT2D eigenvalue weighted by atomic mass is 10.1. The molecule has 0 saturated carbocycles. The molecule has 0 atom stereocenters. The van der Waals surface area contributed by atoms with E-state index < -0.39 is 5.91 Å². The van der Waals surface area contributed by atoms with Gasteiger partial charge in [-0.2, -0.15) is 5.10 Å². The van der Waals surface area contributed by atoms with Crippen LogP contribution < -0.4 is 9.47 Å². The molecule has 1 aliphatic rings. The van der Waals surface area contributed by atoms with Crippen LogP contribution in [0.15, 0.2) is 48.8 Å². The van der Waals surface area contributed by atoms with Crippen molar-refractivity contribution in [3.63, 3.8) is 0 Å². The van der Waals surface area contributed by atoms with Crippen molar-refractivity contribution in [3.8, 4) is 22.9 Å². The summed E-state index contributed by atoms with van der Waals surface area (Å²) in [7, 11) is 2.89. The van der Waals surface area contributed by atoms with Crippen LogP contribution in [0.5, 0.6) is 11.5 Å². The minimum absolute atomic E-state index is 0.0135. The molecule has 3 heterocycles. The number of carbonyl (C=O) groups is 2. The van der Waals surface area contributed by atoms with Crippen molar-refractivity contribution in [1.82, 2.24) is 24.8 Å². The molecule has 0 spiro atoms. The molecule has 1 aliphatic heterocycles. The van der Waals surface area contributed by atoms with Crippen LogP contribution in [0.2, 0.25) is 5.02 Å². The minimum atomic E-state index is -0.415. The van der Waals surface area contributed by atoms with E-state index >= 15 is 0 Å². The number of ether oxygens (including phenoxy) is 2. The van der Waals surface area contributed by atoms with Gasteiger partial charge in [-0.15, -0.1) is 0 Å². The Morgan fingerprint density at radius 1 is 1.03 bits per heavy atom. The average molecular weight is 456 g/mol. The fraction of sp³-hybridized carbons (Fsp3) is 0.273. The molecule has 32 heavy (non-hydrogen) atoms. The highest BCUT2D eigenvalue weighted by molar-refractivity contribution is 6.32. The zero-order valence-corrected chi connectivity index (χ0v) is 18.5. The number of nitrogens with zero attached hydrogens (tertiary/aromatic N) is 5. The van der Waals surface area contributed by atoms with Crippen molar-refractivity contribution in [2.24, 2.45) is 0 Å². The zero-order valence-electron chi connectivity index (χ0n) is 17.7. The first kappa shape index (κ1) is 21.6. The Hall–Kier alpha value is -3.59. The molecular weight excluding hydrogens is 434 g/mol. The molecular formula is C22H22ClN5O4. The number of hydrazine groups is 1. The van der Waals surface area contributed by atoms with Crippen molar-refractivity contribution < 1.29 is 19.1 Å². The van der Waals surface area contributed by atoms with E-state index in [-0.39, 0.29) is 28.8 Å². The van der Waals surface area contributed by atoms with E-state index in [1.807, 2.05) is 18.2 Å². The summed E-state index contributed by atoms with van der Waals surface area (Å²) >= 11 is 6.22. The van der Waals surface area contributed by atoms with Gasteiger partial charge in [0.05, 0.1) is 24.9 Å².